The molecule has 1 heterocycles. The molecule has 5 heteroatoms. The molecule has 0 aromatic heterocycles. The maximum atomic E-state index is 12.7. The van der Waals surface area contributed by atoms with Gasteiger partial charge in [0, 0.05) is 38.6 Å². The van der Waals surface area contributed by atoms with Crippen LogP contribution >= 0.6 is 0 Å². The summed E-state index contributed by atoms with van der Waals surface area (Å²) in [6.45, 7) is 1.51. The summed E-state index contributed by atoms with van der Waals surface area (Å²) in [6, 6.07) is 24.9. The average molecular weight is 430 g/mol. The SMILES string of the molecule is COc1ccc(CC(=O)NCC(c2ccc(N(C)C)cc2)N2CCc3ccccc32)cc1. The number of nitrogens with one attached hydrogen (secondary N) is 1. The molecule has 0 aliphatic carbocycles. The van der Waals surface area contributed by atoms with Gasteiger partial charge in [0.2, 0.25) is 5.91 Å². The topological polar surface area (TPSA) is 44.8 Å². The van der Waals surface area contributed by atoms with E-state index in [0.717, 1.165) is 30.0 Å². The van der Waals surface area contributed by atoms with Gasteiger partial charge in [0.25, 0.3) is 0 Å². The third-order valence-electron chi connectivity index (χ3n) is 6.11. The Bertz CT molecular complexity index is 1050. The summed E-state index contributed by atoms with van der Waals surface area (Å²) in [5.74, 6) is 0.820. The van der Waals surface area contributed by atoms with Crippen LogP contribution in [0.3, 0.4) is 0 Å². The molecule has 1 aliphatic rings. The summed E-state index contributed by atoms with van der Waals surface area (Å²) in [5, 5.41) is 3.18. The Morgan fingerprint density at radius 1 is 1.03 bits per heavy atom. The van der Waals surface area contributed by atoms with Gasteiger partial charge in [-0.25, -0.2) is 0 Å². The molecule has 0 radical (unpaired) electrons. The van der Waals surface area contributed by atoms with Crippen LogP contribution in [0.2, 0.25) is 0 Å². The Kier molecular flexibility index (Phi) is 6.64. The number of carbonyl (C=O) groups is 1. The van der Waals surface area contributed by atoms with E-state index >= 15 is 0 Å². The molecule has 0 saturated heterocycles. The van der Waals surface area contributed by atoms with E-state index < -0.39 is 0 Å². The lowest BCUT2D eigenvalue weighted by Crippen LogP contribution is -2.38. The Morgan fingerprint density at radius 2 is 1.75 bits per heavy atom. The molecular formula is C27H31N3O2. The Morgan fingerprint density at radius 3 is 2.44 bits per heavy atom. The minimum Gasteiger partial charge on any atom is -0.497 e. The molecule has 0 bridgehead atoms. The van der Waals surface area contributed by atoms with Crippen molar-refractivity contribution in [3.05, 3.63) is 89.5 Å². The molecule has 0 saturated carbocycles. The standard InChI is InChI=1S/C27H31N3O2/c1-29(2)23-12-10-22(11-13-23)26(30-17-16-21-6-4-5-7-25(21)30)19-28-27(31)18-20-8-14-24(32-3)15-9-20/h4-15,26H,16-19H2,1-3H3,(H,28,31). The van der Waals surface area contributed by atoms with Crippen molar-refractivity contribution in [3.63, 3.8) is 0 Å². The van der Waals surface area contributed by atoms with Crippen LogP contribution in [0.4, 0.5) is 11.4 Å². The largest absolute Gasteiger partial charge is 0.497 e. The fourth-order valence-corrected chi connectivity index (χ4v) is 4.29. The highest BCUT2D eigenvalue weighted by molar-refractivity contribution is 5.78. The van der Waals surface area contributed by atoms with E-state index in [1.165, 1.54) is 16.8 Å². The molecule has 1 unspecified atom stereocenters. The van der Waals surface area contributed by atoms with Crippen LogP contribution in [0.25, 0.3) is 0 Å². The van der Waals surface area contributed by atoms with Crippen molar-refractivity contribution in [1.29, 1.82) is 0 Å². The zero-order chi connectivity index (χ0) is 22.5. The normalized spacial score (nSPS) is 13.4. The third kappa shape index (κ3) is 4.88. The lowest BCUT2D eigenvalue weighted by molar-refractivity contribution is -0.120. The second kappa shape index (κ2) is 9.77. The van der Waals surface area contributed by atoms with Crippen LogP contribution in [-0.2, 0) is 17.6 Å². The predicted molar refractivity (Wildman–Crippen MR) is 131 cm³/mol. The maximum Gasteiger partial charge on any atom is 0.224 e. The van der Waals surface area contributed by atoms with Crippen molar-refractivity contribution in [3.8, 4) is 5.75 Å². The van der Waals surface area contributed by atoms with Crippen LogP contribution < -0.4 is 19.9 Å². The van der Waals surface area contributed by atoms with Crippen LogP contribution in [0.15, 0.2) is 72.8 Å². The molecule has 3 aromatic rings. The highest BCUT2D eigenvalue weighted by Gasteiger charge is 2.27. The minimum atomic E-state index is 0.0255. The van der Waals surface area contributed by atoms with E-state index in [1.54, 1.807) is 7.11 Å². The molecule has 3 aromatic carbocycles. The Hall–Kier alpha value is -3.47. The molecule has 5 nitrogen and oxygen atoms in total. The monoisotopic (exact) mass is 429 g/mol. The minimum absolute atomic E-state index is 0.0255. The summed E-state index contributed by atoms with van der Waals surface area (Å²) in [7, 11) is 5.73. The smallest absolute Gasteiger partial charge is 0.224 e. The van der Waals surface area contributed by atoms with Gasteiger partial charge in [-0.3, -0.25) is 4.79 Å². The number of benzene rings is 3. The summed E-state index contributed by atoms with van der Waals surface area (Å²) >= 11 is 0. The molecular weight excluding hydrogens is 398 g/mol. The first kappa shape index (κ1) is 21.8. The highest BCUT2D eigenvalue weighted by Crippen LogP contribution is 2.35. The molecule has 4 rings (SSSR count). The number of carbonyl (C=O) groups excluding carboxylic acids is 1. The van der Waals surface area contributed by atoms with Gasteiger partial charge < -0.3 is 19.9 Å². The van der Waals surface area contributed by atoms with Crippen molar-refractivity contribution in [1.82, 2.24) is 5.32 Å². The lowest BCUT2D eigenvalue weighted by atomic mass is 10.0. The fraction of sp³-hybridized carbons (Fsp3) is 0.296. The number of methoxy groups -OCH3 is 1. The number of fused-ring (bicyclic) bond motifs is 1. The van der Waals surface area contributed by atoms with Crippen LogP contribution in [-0.4, -0.2) is 40.2 Å². The van der Waals surface area contributed by atoms with Crippen LogP contribution in [0.1, 0.15) is 22.7 Å². The number of rotatable bonds is 8. The molecule has 0 spiro atoms. The quantitative estimate of drug-likeness (QED) is 0.582. The van der Waals surface area contributed by atoms with Gasteiger partial charge in [-0.2, -0.15) is 0 Å². The number of ether oxygens (including phenoxy) is 1. The first-order chi connectivity index (χ1) is 15.5. The van der Waals surface area contributed by atoms with Gasteiger partial charge in [-0.1, -0.05) is 42.5 Å². The molecule has 32 heavy (non-hydrogen) atoms. The van der Waals surface area contributed by atoms with Gasteiger partial charge in [0.15, 0.2) is 0 Å². The van der Waals surface area contributed by atoms with Crippen molar-refractivity contribution in [2.24, 2.45) is 0 Å². The highest BCUT2D eigenvalue weighted by atomic mass is 16.5. The van der Waals surface area contributed by atoms with E-state index in [2.05, 4.69) is 63.6 Å². The van der Waals surface area contributed by atoms with E-state index in [1.807, 2.05) is 38.4 Å². The van der Waals surface area contributed by atoms with Gasteiger partial charge in [0.1, 0.15) is 5.75 Å². The van der Waals surface area contributed by atoms with Crippen molar-refractivity contribution in [2.45, 2.75) is 18.9 Å². The van der Waals surface area contributed by atoms with E-state index in [4.69, 9.17) is 4.74 Å². The second-order valence-corrected chi connectivity index (χ2v) is 8.40. The van der Waals surface area contributed by atoms with Crippen molar-refractivity contribution < 1.29 is 9.53 Å². The zero-order valence-electron chi connectivity index (χ0n) is 19.0. The number of para-hydroxylation sites is 1. The van der Waals surface area contributed by atoms with Gasteiger partial charge in [-0.15, -0.1) is 0 Å². The summed E-state index contributed by atoms with van der Waals surface area (Å²) in [4.78, 5) is 17.3. The summed E-state index contributed by atoms with van der Waals surface area (Å²) in [5.41, 5.74) is 5.97. The van der Waals surface area contributed by atoms with Gasteiger partial charge in [-0.05, 0) is 53.4 Å². The van der Waals surface area contributed by atoms with E-state index in [0.29, 0.717) is 13.0 Å². The Labute approximate surface area is 190 Å². The number of hydrogen-bond acceptors (Lipinski definition) is 4. The average Bonchev–Trinajstić information content (AvgIpc) is 3.24. The molecule has 1 N–H and O–H groups in total. The fourth-order valence-electron chi connectivity index (χ4n) is 4.29. The molecule has 166 valence electrons. The predicted octanol–water partition coefficient (Wildman–Crippen LogP) is 4.22. The molecule has 1 aliphatic heterocycles. The summed E-state index contributed by atoms with van der Waals surface area (Å²) < 4.78 is 5.20. The first-order valence-electron chi connectivity index (χ1n) is 11.1. The van der Waals surface area contributed by atoms with Crippen molar-refractivity contribution >= 4 is 17.3 Å². The first-order valence-corrected chi connectivity index (χ1v) is 11.1. The maximum absolute atomic E-state index is 12.7. The van der Waals surface area contributed by atoms with Crippen molar-refractivity contribution in [2.75, 3.05) is 44.1 Å². The van der Waals surface area contributed by atoms with Crippen LogP contribution in [0, 0.1) is 0 Å². The molecule has 0 fully saturated rings. The van der Waals surface area contributed by atoms with E-state index in [9.17, 15) is 4.79 Å². The number of nitrogens with zero attached hydrogens (tertiary/aromatic N) is 2. The zero-order valence-corrected chi connectivity index (χ0v) is 19.0. The lowest BCUT2D eigenvalue weighted by Gasteiger charge is -2.31. The van der Waals surface area contributed by atoms with Gasteiger partial charge in [0.05, 0.1) is 19.6 Å². The van der Waals surface area contributed by atoms with Crippen LogP contribution in [0.5, 0.6) is 5.75 Å². The number of hydrogen-bond donors (Lipinski definition) is 1. The van der Waals surface area contributed by atoms with Gasteiger partial charge >= 0.3 is 0 Å². The summed E-state index contributed by atoms with van der Waals surface area (Å²) in [6.07, 6.45) is 1.38. The number of anilines is 2. The molecule has 1 amide bonds. The second-order valence-electron chi connectivity index (χ2n) is 8.40. The van der Waals surface area contributed by atoms with E-state index in [-0.39, 0.29) is 11.9 Å². The molecule has 1 atom stereocenters. The Balaban J connectivity index is 1.51. The third-order valence-corrected chi connectivity index (χ3v) is 6.11. The number of amides is 1.